The summed E-state index contributed by atoms with van der Waals surface area (Å²) in [5.41, 5.74) is 0. The number of nitrogens with one attached hydrogen (secondary N) is 1. The zero-order chi connectivity index (χ0) is 12.2. The Balaban J connectivity index is 2.82. The van der Waals surface area contributed by atoms with Gasteiger partial charge in [-0.25, -0.2) is 24.0 Å². The minimum absolute atomic E-state index is 0.269. The van der Waals surface area contributed by atoms with Crippen LogP contribution in [0.3, 0.4) is 0 Å². The van der Waals surface area contributed by atoms with E-state index >= 15 is 0 Å². The molecule has 0 heterocycles. The molecule has 16 heavy (non-hydrogen) atoms. The Kier molecular flexibility index (Phi) is 4.64. The molecular weight excluding hydrogens is 246 g/mol. The van der Waals surface area contributed by atoms with Crippen molar-refractivity contribution in [2.24, 2.45) is 0 Å². The summed E-state index contributed by atoms with van der Waals surface area (Å²) in [6.45, 7) is 0. The van der Waals surface area contributed by atoms with Gasteiger partial charge in [-0.3, -0.25) is 0 Å². The van der Waals surface area contributed by atoms with E-state index in [-0.39, 0.29) is 15.8 Å². The van der Waals surface area contributed by atoms with Crippen molar-refractivity contribution in [1.29, 1.82) is 0 Å². The van der Waals surface area contributed by atoms with E-state index in [0.717, 1.165) is 0 Å². The van der Waals surface area contributed by atoms with Gasteiger partial charge >= 0.3 is 0 Å². The van der Waals surface area contributed by atoms with E-state index in [0.29, 0.717) is 11.6 Å². The van der Waals surface area contributed by atoms with Gasteiger partial charge in [0.25, 0.3) is 0 Å². The van der Waals surface area contributed by atoms with Crippen LogP contribution < -0.4 is 9.46 Å². The quantitative estimate of drug-likeness (QED) is 0.785. The lowest BCUT2D eigenvalue weighted by molar-refractivity contribution is 0.414. The van der Waals surface area contributed by atoms with Crippen LogP contribution in [0.1, 0.15) is 0 Å². The highest BCUT2D eigenvalue weighted by molar-refractivity contribution is 8.16. The Bertz CT molecular complexity index is 426. The maximum Gasteiger partial charge on any atom is 0.241 e. The largest absolute Gasteiger partial charge is 0.497 e. The van der Waals surface area contributed by atoms with Crippen LogP contribution in [0.2, 0.25) is 0 Å². The van der Waals surface area contributed by atoms with Crippen LogP contribution in [0.4, 0.5) is 0 Å². The number of ether oxygens (including phenoxy) is 1. The number of thiol groups is 1. The second-order valence-corrected chi connectivity index (χ2v) is 7.80. The molecule has 1 rings (SSSR count). The molecule has 1 aromatic rings. The molecule has 0 bridgehead atoms. The fraction of sp³-hybridized carbons (Fsp3) is 0.400. The molecule has 0 saturated heterocycles. The molecule has 0 aliphatic carbocycles. The van der Waals surface area contributed by atoms with Crippen LogP contribution in [-0.2, 0) is 10.0 Å². The summed E-state index contributed by atoms with van der Waals surface area (Å²) in [6, 6.07) is 6.34. The Labute approximate surface area is 99.4 Å². The highest BCUT2D eigenvalue weighted by Crippen LogP contribution is 2.17. The highest BCUT2D eigenvalue weighted by Gasteiger charge is 2.13. The predicted molar refractivity (Wildman–Crippen MR) is 69.0 cm³/mol. The van der Waals surface area contributed by atoms with Crippen LogP contribution in [0.5, 0.6) is 5.75 Å². The number of hydrogen-bond acceptors (Lipinski definition) is 3. The molecule has 1 aromatic carbocycles. The van der Waals surface area contributed by atoms with E-state index in [1.54, 1.807) is 19.2 Å². The number of sulfonamides is 1. The van der Waals surface area contributed by atoms with Gasteiger partial charge in [-0.1, -0.05) is 0 Å². The first-order valence-electron chi connectivity index (χ1n) is 4.74. The van der Waals surface area contributed by atoms with Gasteiger partial charge in [-0.2, -0.15) is 0 Å². The summed E-state index contributed by atoms with van der Waals surface area (Å²) in [5.74, 6) is 1.15. The van der Waals surface area contributed by atoms with Crippen molar-refractivity contribution >= 4 is 20.9 Å². The summed E-state index contributed by atoms with van der Waals surface area (Å²) in [4.78, 5) is 0.269. The third kappa shape index (κ3) is 3.70. The average Bonchev–Trinajstić information content (AvgIpc) is 2.27. The number of methoxy groups -OCH3 is 1. The molecular formula is C10H17NO3S2. The van der Waals surface area contributed by atoms with Crippen molar-refractivity contribution < 1.29 is 13.2 Å². The lowest BCUT2D eigenvalue weighted by Gasteiger charge is -2.11. The molecule has 0 aliphatic rings. The van der Waals surface area contributed by atoms with Crippen LogP contribution in [0.25, 0.3) is 0 Å². The fourth-order valence-electron chi connectivity index (χ4n) is 1.05. The van der Waals surface area contributed by atoms with Crippen molar-refractivity contribution in [1.82, 2.24) is 4.72 Å². The number of benzene rings is 1. The van der Waals surface area contributed by atoms with Gasteiger partial charge in [-0.05, 0) is 36.8 Å². The Hall–Kier alpha value is -0.720. The second-order valence-electron chi connectivity index (χ2n) is 3.56. The Morgan fingerprint density at radius 3 is 2.25 bits per heavy atom. The van der Waals surface area contributed by atoms with E-state index in [1.807, 2.05) is 12.5 Å². The van der Waals surface area contributed by atoms with Gasteiger partial charge in [0.15, 0.2) is 0 Å². The monoisotopic (exact) mass is 263 g/mol. The third-order valence-electron chi connectivity index (χ3n) is 1.94. The topological polar surface area (TPSA) is 55.4 Å². The van der Waals surface area contributed by atoms with Crippen molar-refractivity contribution in [2.45, 2.75) is 4.90 Å². The minimum atomic E-state index is -3.37. The second kappa shape index (κ2) is 5.56. The van der Waals surface area contributed by atoms with Crippen molar-refractivity contribution in [3.8, 4) is 5.75 Å². The molecule has 6 heteroatoms. The number of hydrogen-bond donors (Lipinski definition) is 2. The fourth-order valence-corrected chi connectivity index (χ4v) is 3.43. The van der Waals surface area contributed by atoms with E-state index in [1.165, 1.54) is 12.1 Å². The van der Waals surface area contributed by atoms with Crippen molar-refractivity contribution in [2.75, 3.05) is 25.5 Å². The molecule has 0 amide bonds. The lowest BCUT2D eigenvalue weighted by Crippen LogP contribution is -2.24. The molecule has 0 radical (unpaired) electrons. The molecule has 4 nitrogen and oxygen atoms in total. The molecule has 0 unspecified atom stereocenters. The van der Waals surface area contributed by atoms with E-state index < -0.39 is 10.0 Å². The van der Waals surface area contributed by atoms with Gasteiger partial charge in [-0.15, -0.1) is 0 Å². The molecule has 1 N–H and O–H groups in total. The first-order chi connectivity index (χ1) is 7.45. The van der Waals surface area contributed by atoms with E-state index in [4.69, 9.17) is 4.74 Å². The molecule has 0 aromatic heterocycles. The third-order valence-corrected chi connectivity index (χ3v) is 4.36. The lowest BCUT2D eigenvalue weighted by atomic mass is 10.3. The molecule has 0 saturated carbocycles. The summed E-state index contributed by atoms with van der Waals surface area (Å²) in [6.07, 6.45) is 4.04. The van der Waals surface area contributed by atoms with E-state index in [2.05, 4.69) is 4.72 Å². The van der Waals surface area contributed by atoms with Crippen LogP contribution >= 0.6 is 10.9 Å². The van der Waals surface area contributed by atoms with Crippen LogP contribution in [-0.4, -0.2) is 33.9 Å². The van der Waals surface area contributed by atoms with Crippen LogP contribution in [0.15, 0.2) is 29.2 Å². The van der Waals surface area contributed by atoms with Gasteiger partial charge in [0.05, 0.1) is 12.0 Å². The molecule has 0 fully saturated rings. The Morgan fingerprint density at radius 2 is 1.81 bits per heavy atom. The zero-order valence-corrected chi connectivity index (χ0v) is 11.3. The standard InChI is InChI=1S/C10H17NO3S2/c1-14-9-4-6-10(7-5-9)16(12,13)11-8-15(2)3/h4-7,11,15H,8H2,1-3H3. The highest BCUT2D eigenvalue weighted by atomic mass is 32.2. The smallest absolute Gasteiger partial charge is 0.241 e. The zero-order valence-electron chi connectivity index (χ0n) is 9.60. The normalized spacial score (nSPS) is 12.3. The average molecular weight is 263 g/mol. The van der Waals surface area contributed by atoms with E-state index in [9.17, 15) is 8.42 Å². The van der Waals surface area contributed by atoms with Crippen molar-refractivity contribution in [3.63, 3.8) is 0 Å². The predicted octanol–water partition coefficient (Wildman–Crippen LogP) is 1.19. The first-order valence-corrected chi connectivity index (χ1v) is 8.64. The SMILES string of the molecule is COc1ccc(S(=O)(=O)NC[SH](C)C)cc1. The molecule has 92 valence electrons. The van der Waals surface area contributed by atoms with Crippen LogP contribution in [0, 0.1) is 0 Å². The summed E-state index contributed by atoms with van der Waals surface area (Å²) in [5, 5.41) is 0. The molecule has 0 aliphatic heterocycles. The van der Waals surface area contributed by atoms with Gasteiger partial charge < -0.3 is 4.74 Å². The maximum absolute atomic E-state index is 11.8. The first kappa shape index (κ1) is 13.3. The number of rotatable bonds is 5. The van der Waals surface area contributed by atoms with Gasteiger partial charge in [0, 0.05) is 5.88 Å². The molecule has 0 spiro atoms. The Morgan fingerprint density at radius 1 is 1.25 bits per heavy atom. The minimum Gasteiger partial charge on any atom is -0.497 e. The van der Waals surface area contributed by atoms with Gasteiger partial charge in [0.2, 0.25) is 10.0 Å². The van der Waals surface area contributed by atoms with Crippen molar-refractivity contribution in [3.05, 3.63) is 24.3 Å². The summed E-state index contributed by atoms with van der Waals surface area (Å²) in [7, 11) is -2.10. The summed E-state index contributed by atoms with van der Waals surface area (Å²) >= 11 is 0. The molecule has 0 atom stereocenters. The maximum atomic E-state index is 11.8. The summed E-state index contributed by atoms with van der Waals surface area (Å²) < 4.78 is 31.1. The van der Waals surface area contributed by atoms with Gasteiger partial charge in [0.1, 0.15) is 5.75 Å².